The van der Waals surface area contributed by atoms with Crippen molar-refractivity contribution in [1.82, 2.24) is 5.32 Å². The van der Waals surface area contributed by atoms with Crippen molar-refractivity contribution in [2.24, 2.45) is 0 Å². The van der Waals surface area contributed by atoms with Gasteiger partial charge in [0.2, 0.25) is 5.75 Å². The van der Waals surface area contributed by atoms with Crippen molar-refractivity contribution in [2.75, 3.05) is 14.2 Å². The average Bonchev–Trinajstić information content (AvgIpc) is 2.51. The molecule has 2 N–H and O–H groups in total. The molecule has 0 fully saturated rings. The number of benzene rings is 1. The van der Waals surface area contributed by atoms with Gasteiger partial charge < -0.3 is 19.9 Å². The number of aliphatic carboxylic acids is 1. The molecule has 0 heterocycles. The molecule has 0 saturated carbocycles. The third-order valence-electron chi connectivity index (χ3n) is 3.33. The Hall–Kier alpha value is -2.84. The van der Waals surface area contributed by atoms with Gasteiger partial charge in [0.25, 0.3) is 5.91 Å². The monoisotopic (exact) mass is 340 g/mol. The summed E-state index contributed by atoms with van der Waals surface area (Å²) in [5.74, 6) is -1.57. The minimum absolute atomic E-state index is 0.0164. The number of methoxy groups -OCH3 is 2. The van der Waals surface area contributed by atoms with Crippen LogP contribution in [-0.2, 0) is 4.79 Å². The molecule has 24 heavy (non-hydrogen) atoms. The van der Waals surface area contributed by atoms with Crippen LogP contribution in [0.15, 0.2) is 12.1 Å². The lowest BCUT2D eigenvalue weighted by Crippen LogP contribution is -2.43. The Morgan fingerprint density at radius 2 is 1.92 bits per heavy atom. The molecule has 0 aliphatic carbocycles. The Morgan fingerprint density at radius 3 is 2.38 bits per heavy atom. The number of nitro groups is 1. The van der Waals surface area contributed by atoms with E-state index in [0.717, 1.165) is 6.07 Å². The lowest BCUT2D eigenvalue weighted by Gasteiger charge is -2.25. The molecule has 9 nitrogen and oxygen atoms in total. The van der Waals surface area contributed by atoms with Crippen LogP contribution in [0.5, 0.6) is 11.5 Å². The van der Waals surface area contributed by atoms with E-state index in [1.165, 1.54) is 20.3 Å². The standard InChI is InChI=1S/C15H20N2O7/c1-15(2,6-5-12(18)19)16-14(20)9-7-10(17(21)22)13(24-4)11(8-9)23-3/h7-8H,5-6H2,1-4H3,(H,16,20)(H,18,19). The number of hydrogen-bond acceptors (Lipinski definition) is 6. The number of carbonyl (C=O) groups is 2. The van der Waals surface area contributed by atoms with Crippen molar-refractivity contribution in [3.8, 4) is 11.5 Å². The fourth-order valence-electron chi connectivity index (χ4n) is 2.07. The van der Waals surface area contributed by atoms with Gasteiger partial charge in [-0.2, -0.15) is 0 Å². The fraction of sp³-hybridized carbons (Fsp3) is 0.467. The predicted molar refractivity (Wildman–Crippen MR) is 84.6 cm³/mol. The second-order valence-electron chi connectivity index (χ2n) is 5.72. The Morgan fingerprint density at radius 1 is 1.29 bits per heavy atom. The SMILES string of the molecule is COc1cc(C(=O)NC(C)(C)CCC(=O)O)cc([N+](=O)[O-])c1OC. The van der Waals surface area contributed by atoms with Crippen LogP contribution in [0.2, 0.25) is 0 Å². The van der Waals surface area contributed by atoms with Gasteiger partial charge in [0.15, 0.2) is 5.75 Å². The minimum atomic E-state index is -0.973. The van der Waals surface area contributed by atoms with Crippen molar-refractivity contribution in [1.29, 1.82) is 0 Å². The highest BCUT2D eigenvalue weighted by Crippen LogP contribution is 2.38. The van der Waals surface area contributed by atoms with Crippen LogP contribution in [0, 0.1) is 10.1 Å². The molecule has 0 unspecified atom stereocenters. The second-order valence-corrected chi connectivity index (χ2v) is 5.72. The zero-order valence-electron chi connectivity index (χ0n) is 13.9. The molecular weight excluding hydrogens is 320 g/mol. The van der Waals surface area contributed by atoms with E-state index in [2.05, 4.69) is 5.32 Å². The van der Waals surface area contributed by atoms with E-state index in [-0.39, 0.29) is 29.9 Å². The first kappa shape index (κ1) is 19.2. The van der Waals surface area contributed by atoms with Gasteiger partial charge in [-0.15, -0.1) is 0 Å². The smallest absolute Gasteiger partial charge is 0.315 e. The van der Waals surface area contributed by atoms with E-state index >= 15 is 0 Å². The third kappa shape index (κ3) is 4.83. The molecular formula is C15H20N2O7. The molecule has 1 amide bonds. The normalized spacial score (nSPS) is 10.8. The summed E-state index contributed by atoms with van der Waals surface area (Å²) < 4.78 is 10.0. The number of rotatable bonds is 8. The highest BCUT2D eigenvalue weighted by atomic mass is 16.6. The van der Waals surface area contributed by atoms with Gasteiger partial charge in [-0.05, 0) is 26.3 Å². The number of carboxylic acids is 1. The summed E-state index contributed by atoms with van der Waals surface area (Å²) in [5, 5.41) is 22.6. The van der Waals surface area contributed by atoms with Gasteiger partial charge in [-0.1, -0.05) is 0 Å². The maximum Gasteiger partial charge on any atom is 0.315 e. The molecule has 0 radical (unpaired) electrons. The molecule has 0 atom stereocenters. The number of hydrogen-bond donors (Lipinski definition) is 2. The van der Waals surface area contributed by atoms with Crippen LogP contribution >= 0.6 is 0 Å². The van der Waals surface area contributed by atoms with E-state index in [0.29, 0.717) is 0 Å². The first-order valence-electron chi connectivity index (χ1n) is 7.06. The molecule has 1 aromatic carbocycles. The highest BCUT2D eigenvalue weighted by molar-refractivity contribution is 5.96. The number of ether oxygens (including phenoxy) is 2. The number of nitrogens with zero attached hydrogens (tertiary/aromatic N) is 1. The van der Waals surface area contributed by atoms with Crippen molar-refractivity contribution in [3.63, 3.8) is 0 Å². The molecule has 0 bridgehead atoms. The number of carboxylic acid groups (broad SMARTS) is 1. The first-order chi connectivity index (χ1) is 11.1. The van der Waals surface area contributed by atoms with Gasteiger partial charge in [0.05, 0.1) is 24.7 Å². The van der Waals surface area contributed by atoms with Gasteiger partial charge in [0, 0.05) is 18.0 Å². The van der Waals surface area contributed by atoms with Crippen LogP contribution in [0.4, 0.5) is 5.69 Å². The molecule has 1 aromatic rings. The summed E-state index contributed by atoms with van der Waals surface area (Å²) >= 11 is 0. The predicted octanol–water partition coefficient (Wildman–Crippen LogP) is 1.99. The van der Waals surface area contributed by atoms with E-state index in [1.807, 2.05) is 0 Å². The Labute approximate surface area is 138 Å². The van der Waals surface area contributed by atoms with Gasteiger partial charge >= 0.3 is 11.7 Å². The Balaban J connectivity index is 3.12. The molecule has 0 spiro atoms. The van der Waals surface area contributed by atoms with Crippen LogP contribution in [-0.4, -0.2) is 41.7 Å². The molecule has 1 rings (SSSR count). The molecule has 132 valence electrons. The number of nitrogens with one attached hydrogen (secondary N) is 1. The summed E-state index contributed by atoms with van der Waals surface area (Å²) in [6.45, 7) is 3.34. The quantitative estimate of drug-likeness (QED) is 0.547. The highest BCUT2D eigenvalue weighted by Gasteiger charge is 2.27. The van der Waals surface area contributed by atoms with Crippen molar-refractivity contribution in [3.05, 3.63) is 27.8 Å². The number of amides is 1. The van der Waals surface area contributed by atoms with Gasteiger partial charge in [-0.25, -0.2) is 0 Å². The minimum Gasteiger partial charge on any atom is -0.493 e. The topological polar surface area (TPSA) is 128 Å². The zero-order chi connectivity index (χ0) is 18.5. The maximum atomic E-state index is 12.4. The number of carbonyl (C=O) groups excluding carboxylic acids is 1. The molecule has 9 heteroatoms. The van der Waals surface area contributed by atoms with Crippen LogP contribution in [0.1, 0.15) is 37.0 Å². The third-order valence-corrected chi connectivity index (χ3v) is 3.33. The average molecular weight is 340 g/mol. The van der Waals surface area contributed by atoms with E-state index in [9.17, 15) is 19.7 Å². The van der Waals surface area contributed by atoms with E-state index in [1.54, 1.807) is 13.8 Å². The Bertz CT molecular complexity index is 655. The van der Waals surface area contributed by atoms with Crippen molar-refractivity contribution < 1.29 is 29.1 Å². The zero-order valence-corrected chi connectivity index (χ0v) is 13.9. The van der Waals surface area contributed by atoms with Crippen molar-refractivity contribution in [2.45, 2.75) is 32.2 Å². The summed E-state index contributed by atoms with van der Waals surface area (Å²) in [6.07, 6.45) is 0.100. The van der Waals surface area contributed by atoms with Gasteiger partial charge in [0.1, 0.15) is 0 Å². The summed E-state index contributed by atoms with van der Waals surface area (Å²) in [7, 11) is 2.57. The fourth-order valence-corrected chi connectivity index (χ4v) is 2.07. The lowest BCUT2D eigenvalue weighted by atomic mass is 9.97. The first-order valence-corrected chi connectivity index (χ1v) is 7.06. The lowest BCUT2D eigenvalue weighted by molar-refractivity contribution is -0.385. The molecule has 0 saturated heterocycles. The largest absolute Gasteiger partial charge is 0.493 e. The van der Waals surface area contributed by atoms with Crippen LogP contribution < -0.4 is 14.8 Å². The summed E-state index contributed by atoms with van der Waals surface area (Å²) in [6, 6.07) is 2.42. The van der Waals surface area contributed by atoms with Crippen molar-refractivity contribution >= 4 is 17.6 Å². The maximum absolute atomic E-state index is 12.4. The summed E-state index contributed by atoms with van der Waals surface area (Å²) in [5.41, 5.74) is -1.18. The van der Waals surface area contributed by atoms with Gasteiger partial charge in [-0.3, -0.25) is 19.7 Å². The molecule has 0 aliphatic rings. The van der Waals surface area contributed by atoms with Crippen LogP contribution in [0.3, 0.4) is 0 Å². The second kappa shape index (κ2) is 7.62. The molecule has 0 aromatic heterocycles. The van der Waals surface area contributed by atoms with Crippen LogP contribution in [0.25, 0.3) is 0 Å². The number of nitro benzene ring substituents is 1. The molecule has 0 aliphatic heterocycles. The van der Waals surface area contributed by atoms with E-state index in [4.69, 9.17) is 14.6 Å². The van der Waals surface area contributed by atoms with E-state index < -0.39 is 28.0 Å². The Kier molecular flexibility index (Phi) is 6.10. The summed E-state index contributed by atoms with van der Waals surface area (Å²) in [4.78, 5) is 33.5.